The first kappa shape index (κ1) is 16.4. The van der Waals surface area contributed by atoms with Crippen LogP contribution >= 0.6 is 11.8 Å². The third-order valence-electron chi connectivity index (χ3n) is 2.66. The minimum atomic E-state index is -0.219. The van der Waals surface area contributed by atoms with Crippen molar-refractivity contribution >= 4 is 11.8 Å². The quantitative estimate of drug-likeness (QED) is 0.540. The molecule has 0 heterocycles. The maximum absolute atomic E-state index is 13.3. The van der Waals surface area contributed by atoms with Gasteiger partial charge in [-0.3, -0.25) is 0 Å². The first-order chi connectivity index (χ1) is 9.17. The van der Waals surface area contributed by atoms with Gasteiger partial charge in [-0.05, 0) is 29.7 Å². The highest BCUT2D eigenvalue weighted by Gasteiger charge is 2.07. The Morgan fingerprint density at radius 2 is 2.26 bits per heavy atom. The molecule has 0 aliphatic carbocycles. The average molecular weight is 287 g/mol. The minimum absolute atomic E-state index is 0.176. The van der Waals surface area contributed by atoms with E-state index in [2.05, 4.69) is 5.32 Å². The summed E-state index contributed by atoms with van der Waals surface area (Å²) in [4.78, 5) is 1.06. The number of halogens is 1. The van der Waals surface area contributed by atoms with E-state index in [4.69, 9.17) is 9.84 Å². The second kappa shape index (κ2) is 9.31. The molecule has 0 fully saturated rings. The van der Waals surface area contributed by atoms with Gasteiger partial charge in [0.05, 0.1) is 6.61 Å². The highest BCUT2D eigenvalue weighted by molar-refractivity contribution is 7.99. The molecule has 19 heavy (non-hydrogen) atoms. The summed E-state index contributed by atoms with van der Waals surface area (Å²) in [7, 11) is 1.65. The van der Waals surface area contributed by atoms with Crippen LogP contribution in [0, 0.1) is 11.7 Å². The molecule has 0 radical (unpaired) electrons. The van der Waals surface area contributed by atoms with Crippen LogP contribution in [0.4, 0.5) is 4.39 Å². The predicted molar refractivity (Wildman–Crippen MR) is 77.0 cm³/mol. The van der Waals surface area contributed by atoms with Gasteiger partial charge in [0, 0.05) is 37.5 Å². The van der Waals surface area contributed by atoms with Crippen molar-refractivity contribution in [1.82, 2.24) is 5.32 Å². The first-order valence-electron chi connectivity index (χ1n) is 6.39. The third-order valence-corrected chi connectivity index (χ3v) is 4.10. The Hall–Kier alpha value is -0.620. The van der Waals surface area contributed by atoms with Gasteiger partial charge in [-0.1, -0.05) is 6.92 Å². The van der Waals surface area contributed by atoms with Crippen LogP contribution in [-0.2, 0) is 11.3 Å². The minimum Gasteiger partial charge on any atom is -0.396 e. The molecule has 0 aliphatic rings. The molecule has 5 heteroatoms. The fourth-order valence-electron chi connectivity index (χ4n) is 1.51. The van der Waals surface area contributed by atoms with Crippen molar-refractivity contribution in [3.8, 4) is 0 Å². The lowest BCUT2D eigenvalue weighted by molar-refractivity contribution is 0.199. The monoisotopic (exact) mass is 287 g/mol. The van der Waals surface area contributed by atoms with Gasteiger partial charge < -0.3 is 15.2 Å². The van der Waals surface area contributed by atoms with Crippen LogP contribution in [0.1, 0.15) is 12.5 Å². The molecule has 0 bridgehead atoms. The normalized spacial score (nSPS) is 12.6. The topological polar surface area (TPSA) is 41.5 Å². The number of aliphatic hydroxyl groups excluding tert-OH is 1. The number of rotatable bonds is 9. The summed E-state index contributed by atoms with van der Waals surface area (Å²) in [5, 5.41) is 12.2. The fraction of sp³-hybridized carbons (Fsp3) is 0.571. The van der Waals surface area contributed by atoms with Gasteiger partial charge in [0.25, 0.3) is 0 Å². The molecule has 108 valence electrons. The Kier molecular flexibility index (Phi) is 8.05. The van der Waals surface area contributed by atoms with Crippen LogP contribution in [0.3, 0.4) is 0 Å². The van der Waals surface area contributed by atoms with Gasteiger partial charge in [-0.25, -0.2) is 4.39 Å². The number of thioether (sulfide) groups is 1. The SMILES string of the molecule is COCCNCc1cc(F)ccc1SCC(C)CO. The average Bonchev–Trinajstić information content (AvgIpc) is 2.42. The van der Waals surface area contributed by atoms with Crippen molar-refractivity contribution in [2.24, 2.45) is 5.92 Å². The predicted octanol–water partition coefficient (Wildman–Crippen LogP) is 2.28. The number of nitrogens with one attached hydrogen (secondary N) is 1. The number of hydrogen-bond donors (Lipinski definition) is 2. The molecule has 0 amide bonds. The Bertz CT molecular complexity index is 376. The molecule has 1 aromatic rings. The number of benzene rings is 1. The summed E-state index contributed by atoms with van der Waals surface area (Å²) in [5.41, 5.74) is 0.950. The molecule has 0 saturated heterocycles. The number of methoxy groups -OCH3 is 1. The van der Waals surface area contributed by atoms with E-state index in [0.717, 1.165) is 22.8 Å². The van der Waals surface area contributed by atoms with Crippen LogP contribution in [0.25, 0.3) is 0 Å². The summed E-state index contributed by atoms with van der Waals surface area (Å²) in [5.74, 6) is 0.847. The van der Waals surface area contributed by atoms with Crippen molar-refractivity contribution in [2.45, 2.75) is 18.4 Å². The maximum atomic E-state index is 13.3. The number of aliphatic hydroxyl groups is 1. The highest BCUT2D eigenvalue weighted by Crippen LogP contribution is 2.25. The van der Waals surface area contributed by atoms with Gasteiger partial charge in [-0.15, -0.1) is 11.8 Å². The van der Waals surface area contributed by atoms with Crippen LogP contribution in [0.15, 0.2) is 23.1 Å². The van der Waals surface area contributed by atoms with Crippen molar-refractivity contribution in [3.63, 3.8) is 0 Å². The van der Waals surface area contributed by atoms with E-state index in [1.807, 2.05) is 6.92 Å². The summed E-state index contributed by atoms with van der Waals surface area (Å²) in [6.45, 7) is 4.17. The van der Waals surface area contributed by atoms with Crippen LogP contribution in [0.5, 0.6) is 0 Å². The largest absolute Gasteiger partial charge is 0.396 e. The van der Waals surface area contributed by atoms with E-state index < -0.39 is 0 Å². The molecule has 0 aliphatic heterocycles. The van der Waals surface area contributed by atoms with E-state index in [1.165, 1.54) is 6.07 Å². The van der Waals surface area contributed by atoms with Gasteiger partial charge in [0.1, 0.15) is 5.82 Å². The zero-order valence-corrected chi connectivity index (χ0v) is 12.3. The van der Waals surface area contributed by atoms with Crippen molar-refractivity contribution in [2.75, 3.05) is 32.6 Å². The van der Waals surface area contributed by atoms with E-state index >= 15 is 0 Å². The van der Waals surface area contributed by atoms with Crippen LogP contribution in [-0.4, -0.2) is 37.7 Å². The van der Waals surface area contributed by atoms with Crippen molar-refractivity contribution in [3.05, 3.63) is 29.6 Å². The summed E-state index contributed by atoms with van der Waals surface area (Å²) < 4.78 is 18.2. The van der Waals surface area contributed by atoms with E-state index in [0.29, 0.717) is 13.2 Å². The lowest BCUT2D eigenvalue weighted by Gasteiger charge is -2.12. The third kappa shape index (κ3) is 6.38. The summed E-state index contributed by atoms with van der Waals surface area (Å²) >= 11 is 1.65. The summed E-state index contributed by atoms with van der Waals surface area (Å²) in [6, 6.07) is 4.84. The van der Waals surface area contributed by atoms with Crippen LogP contribution < -0.4 is 5.32 Å². The second-order valence-electron chi connectivity index (χ2n) is 4.52. The van der Waals surface area contributed by atoms with Crippen molar-refractivity contribution in [1.29, 1.82) is 0 Å². The fourth-order valence-corrected chi connectivity index (χ4v) is 2.56. The molecule has 0 aromatic heterocycles. The molecule has 1 rings (SSSR count). The lowest BCUT2D eigenvalue weighted by atomic mass is 10.2. The Morgan fingerprint density at radius 3 is 2.95 bits per heavy atom. The molecule has 1 unspecified atom stereocenters. The van der Waals surface area contributed by atoms with E-state index in [9.17, 15) is 4.39 Å². The van der Waals surface area contributed by atoms with Gasteiger partial charge in [0.2, 0.25) is 0 Å². The maximum Gasteiger partial charge on any atom is 0.123 e. The lowest BCUT2D eigenvalue weighted by Crippen LogP contribution is -2.19. The van der Waals surface area contributed by atoms with Crippen molar-refractivity contribution < 1.29 is 14.2 Å². The molecule has 3 nitrogen and oxygen atoms in total. The standard InChI is InChI=1S/C14H22FNO2S/c1-11(9-17)10-19-14-4-3-13(15)7-12(14)8-16-5-6-18-2/h3-4,7,11,16-17H,5-6,8-10H2,1-2H3. The van der Waals surface area contributed by atoms with E-state index in [1.54, 1.807) is 31.0 Å². The smallest absolute Gasteiger partial charge is 0.123 e. The summed E-state index contributed by atoms with van der Waals surface area (Å²) in [6.07, 6.45) is 0. The molecule has 0 saturated carbocycles. The van der Waals surface area contributed by atoms with Crippen LogP contribution in [0.2, 0.25) is 0 Å². The van der Waals surface area contributed by atoms with Gasteiger partial charge in [0.15, 0.2) is 0 Å². The molecule has 1 aromatic carbocycles. The van der Waals surface area contributed by atoms with Gasteiger partial charge in [-0.2, -0.15) is 0 Å². The molecule has 2 N–H and O–H groups in total. The Balaban J connectivity index is 2.58. The Labute approximate surface area is 118 Å². The molecule has 0 spiro atoms. The molecular weight excluding hydrogens is 265 g/mol. The molecule has 1 atom stereocenters. The zero-order chi connectivity index (χ0) is 14.1. The zero-order valence-electron chi connectivity index (χ0n) is 11.5. The Morgan fingerprint density at radius 1 is 1.47 bits per heavy atom. The molecular formula is C14H22FNO2S. The number of hydrogen-bond acceptors (Lipinski definition) is 4. The number of ether oxygens (including phenoxy) is 1. The first-order valence-corrected chi connectivity index (χ1v) is 7.37. The van der Waals surface area contributed by atoms with E-state index in [-0.39, 0.29) is 18.3 Å². The highest BCUT2D eigenvalue weighted by atomic mass is 32.2. The second-order valence-corrected chi connectivity index (χ2v) is 5.58. The van der Waals surface area contributed by atoms with Gasteiger partial charge >= 0.3 is 0 Å².